The number of hydrogen-bond donors (Lipinski definition) is 1. The third kappa shape index (κ3) is 4.08. The minimum Gasteiger partial charge on any atom is -0.495 e. The summed E-state index contributed by atoms with van der Waals surface area (Å²) in [6.07, 6.45) is 3.55. The molecule has 0 saturated heterocycles. The van der Waals surface area contributed by atoms with Gasteiger partial charge in [-0.15, -0.1) is 0 Å². The summed E-state index contributed by atoms with van der Waals surface area (Å²) in [4.78, 5) is 10.6. The molecular weight excluding hydrogens is 252 g/mol. The van der Waals surface area contributed by atoms with Crippen molar-refractivity contribution in [2.24, 2.45) is 0 Å². The lowest BCUT2D eigenvalue weighted by Crippen LogP contribution is -1.93. The highest BCUT2D eigenvalue weighted by molar-refractivity contribution is 6.32. The Balaban J connectivity index is 3.02. The van der Waals surface area contributed by atoms with Crippen molar-refractivity contribution in [2.45, 2.75) is 26.2 Å². The van der Waals surface area contributed by atoms with Gasteiger partial charge in [-0.2, -0.15) is 0 Å². The minimum absolute atomic E-state index is 0.0268. The van der Waals surface area contributed by atoms with Gasteiger partial charge in [0.15, 0.2) is 0 Å². The van der Waals surface area contributed by atoms with Gasteiger partial charge in [-0.3, -0.25) is 4.79 Å². The summed E-state index contributed by atoms with van der Waals surface area (Å²) in [5.41, 5.74) is 1.95. The van der Waals surface area contributed by atoms with Gasteiger partial charge < -0.3 is 9.84 Å². The molecule has 98 valence electrons. The van der Waals surface area contributed by atoms with Crippen LogP contribution in [0.5, 0.6) is 5.75 Å². The summed E-state index contributed by atoms with van der Waals surface area (Å²) in [6, 6.07) is 5.50. The molecule has 1 rings (SSSR count). The molecule has 0 aliphatic heterocycles. The number of carboxylic acids is 1. The van der Waals surface area contributed by atoms with E-state index in [1.165, 1.54) is 0 Å². The van der Waals surface area contributed by atoms with Crippen LogP contribution in [0.3, 0.4) is 0 Å². The van der Waals surface area contributed by atoms with Crippen LogP contribution in [-0.4, -0.2) is 18.2 Å². The van der Waals surface area contributed by atoms with E-state index < -0.39 is 5.97 Å². The van der Waals surface area contributed by atoms with Gasteiger partial charge in [0, 0.05) is 0 Å². The summed E-state index contributed by atoms with van der Waals surface area (Å²) in [7, 11) is 1.56. The first-order chi connectivity index (χ1) is 8.58. The van der Waals surface area contributed by atoms with Crippen molar-refractivity contribution in [3.05, 3.63) is 34.9 Å². The lowest BCUT2D eigenvalue weighted by molar-refractivity contribution is -0.135. The molecule has 0 radical (unpaired) electrons. The molecule has 0 atom stereocenters. The molecule has 0 aliphatic rings. The van der Waals surface area contributed by atoms with Gasteiger partial charge in [-0.1, -0.05) is 37.1 Å². The average Bonchev–Trinajstić information content (AvgIpc) is 2.34. The predicted molar refractivity (Wildman–Crippen MR) is 73.1 cm³/mol. The fourth-order valence-electron chi connectivity index (χ4n) is 1.71. The van der Waals surface area contributed by atoms with E-state index in [0.717, 1.165) is 24.0 Å². The standard InChI is InChI=1S/C14H17ClO3/c1-3-4-10(6-8-14(16)17)11-5-7-13(18-2)12(15)9-11/h5-7,9H,3-4,8H2,1-2H3,(H,16,17)/b10-6+. The van der Waals surface area contributed by atoms with Crippen LogP contribution in [0, 0.1) is 0 Å². The van der Waals surface area contributed by atoms with Crippen LogP contribution < -0.4 is 4.74 Å². The van der Waals surface area contributed by atoms with Gasteiger partial charge in [0.05, 0.1) is 18.6 Å². The summed E-state index contributed by atoms with van der Waals surface area (Å²) in [6.45, 7) is 2.06. The van der Waals surface area contributed by atoms with Crippen LogP contribution in [0.4, 0.5) is 0 Å². The van der Waals surface area contributed by atoms with Crippen molar-refractivity contribution in [1.82, 2.24) is 0 Å². The second-order valence-electron chi connectivity index (χ2n) is 3.93. The van der Waals surface area contributed by atoms with E-state index in [0.29, 0.717) is 10.8 Å². The van der Waals surface area contributed by atoms with E-state index in [4.69, 9.17) is 21.4 Å². The van der Waals surface area contributed by atoms with Gasteiger partial charge in [0.1, 0.15) is 5.75 Å². The normalized spacial score (nSPS) is 11.4. The monoisotopic (exact) mass is 268 g/mol. The van der Waals surface area contributed by atoms with Crippen molar-refractivity contribution in [1.29, 1.82) is 0 Å². The number of carbonyl (C=O) groups is 1. The number of aliphatic carboxylic acids is 1. The molecule has 0 fully saturated rings. The third-order valence-electron chi connectivity index (χ3n) is 2.57. The second-order valence-corrected chi connectivity index (χ2v) is 4.33. The van der Waals surface area contributed by atoms with Crippen LogP contribution in [-0.2, 0) is 4.79 Å². The number of ether oxygens (including phenoxy) is 1. The first-order valence-electron chi connectivity index (χ1n) is 5.83. The van der Waals surface area contributed by atoms with Gasteiger partial charge in [-0.25, -0.2) is 0 Å². The van der Waals surface area contributed by atoms with Gasteiger partial charge in [0.2, 0.25) is 0 Å². The Bertz CT molecular complexity index is 452. The Morgan fingerprint density at radius 1 is 1.50 bits per heavy atom. The van der Waals surface area contributed by atoms with Gasteiger partial charge in [0.25, 0.3) is 0 Å². The van der Waals surface area contributed by atoms with Crippen LogP contribution in [0.15, 0.2) is 24.3 Å². The Morgan fingerprint density at radius 3 is 2.72 bits per heavy atom. The molecule has 18 heavy (non-hydrogen) atoms. The van der Waals surface area contributed by atoms with Crippen molar-refractivity contribution >= 4 is 23.1 Å². The largest absolute Gasteiger partial charge is 0.495 e. The third-order valence-corrected chi connectivity index (χ3v) is 2.86. The van der Waals surface area contributed by atoms with Crippen molar-refractivity contribution in [3.8, 4) is 5.75 Å². The van der Waals surface area contributed by atoms with Crippen molar-refractivity contribution in [3.63, 3.8) is 0 Å². The highest BCUT2D eigenvalue weighted by Crippen LogP contribution is 2.29. The van der Waals surface area contributed by atoms with Gasteiger partial charge >= 0.3 is 5.97 Å². The zero-order valence-corrected chi connectivity index (χ0v) is 11.3. The number of benzene rings is 1. The molecule has 0 aromatic heterocycles. The fraction of sp³-hybridized carbons (Fsp3) is 0.357. The van der Waals surface area contributed by atoms with E-state index in [-0.39, 0.29) is 6.42 Å². The molecule has 0 heterocycles. The molecule has 1 aromatic carbocycles. The van der Waals surface area contributed by atoms with Gasteiger partial charge in [-0.05, 0) is 29.7 Å². The Hall–Kier alpha value is -1.48. The summed E-state index contributed by atoms with van der Waals surface area (Å²) in [5.74, 6) is -0.210. The maximum absolute atomic E-state index is 10.6. The first kappa shape index (κ1) is 14.6. The smallest absolute Gasteiger partial charge is 0.307 e. The Kier molecular flexibility index (Phi) is 5.72. The van der Waals surface area contributed by atoms with Crippen LogP contribution in [0.1, 0.15) is 31.7 Å². The Labute approximate surface area is 112 Å². The lowest BCUT2D eigenvalue weighted by Gasteiger charge is -2.09. The maximum atomic E-state index is 10.6. The summed E-state index contributed by atoms with van der Waals surface area (Å²) >= 11 is 6.07. The zero-order valence-electron chi connectivity index (χ0n) is 10.6. The number of carboxylic acid groups (broad SMARTS) is 1. The van der Waals surface area contributed by atoms with E-state index in [9.17, 15) is 4.79 Å². The van der Waals surface area contributed by atoms with E-state index in [1.807, 2.05) is 12.1 Å². The predicted octanol–water partition coefficient (Wildman–Crippen LogP) is 4.01. The number of allylic oxidation sites excluding steroid dienone is 1. The average molecular weight is 269 g/mol. The molecule has 3 nitrogen and oxygen atoms in total. The zero-order chi connectivity index (χ0) is 13.5. The molecule has 0 bridgehead atoms. The second kappa shape index (κ2) is 7.07. The maximum Gasteiger partial charge on any atom is 0.307 e. The molecular formula is C14H17ClO3. The summed E-state index contributed by atoms with van der Waals surface area (Å²) in [5, 5.41) is 9.26. The first-order valence-corrected chi connectivity index (χ1v) is 6.21. The van der Waals surface area contributed by atoms with Crippen LogP contribution >= 0.6 is 11.6 Å². The fourth-order valence-corrected chi connectivity index (χ4v) is 1.97. The quantitative estimate of drug-likeness (QED) is 0.848. The molecule has 0 amide bonds. The number of rotatable bonds is 6. The molecule has 1 aromatic rings. The molecule has 0 aliphatic carbocycles. The van der Waals surface area contributed by atoms with Crippen LogP contribution in [0.25, 0.3) is 5.57 Å². The molecule has 0 unspecified atom stereocenters. The number of halogens is 1. The van der Waals surface area contributed by atoms with Crippen LogP contribution in [0.2, 0.25) is 5.02 Å². The van der Waals surface area contributed by atoms with E-state index in [2.05, 4.69) is 6.92 Å². The highest BCUT2D eigenvalue weighted by Gasteiger charge is 2.06. The van der Waals surface area contributed by atoms with Crippen molar-refractivity contribution in [2.75, 3.05) is 7.11 Å². The molecule has 1 N–H and O–H groups in total. The highest BCUT2D eigenvalue weighted by atomic mass is 35.5. The van der Waals surface area contributed by atoms with Crippen molar-refractivity contribution < 1.29 is 14.6 Å². The summed E-state index contributed by atoms with van der Waals surface area (Å²) < 4.78 is 5.09. The topological polar surface area (TPSA) is 46.5 Å². The van der Waals surface area contributed by atoms with E-state index in [1.54, 1.807) is 19.3 Å². The number of methoxy groups -OCH3 is 1. The Morgan fingerprint density at radius 2 is 2.22 bits per heavy atom. The lowest BCUT2D eigenvalue weighted by atomic mass is 10.00. The molecule has 4 heteroatoms. The minimum atomic E-state index is -0.830. The molecule has 0 spiro atoms. The van der Waals surface area contributed by atoms with E-state index >= 15 is 0 Å². The SMILES string of the molecule is CCC/C(=C\CC(=O)O)c1ccc(OC)c(Cl)c1. The molecule has 0 saturated carbocycles. The number of hydrogen-bond acceptors (Lipinski definition) is 2.